The fourth-order valence-electron chi connectivity index (χ4n) is 1.99. The Bertz CT molecular complexity index is 633. The molecular weight excluding hydrogens is 324 g/mol. The second-order valence-electron chi connectivity index (χ2n) is 4.21. The maximum atomic E-state index is 3.84. The molecule has 1 aromatic carbocycles. The van der Waals surface area contributed by atoms with Gasteiger partial charge in [0.05, 0.1) is 4.83 Å². The van der Waals surface area contributed by atoms with Crippen molar-refractivity contribution in [2.24, 2.45) is 0 Å². The number of fused-ring (bicyclic) bond motifs is 1. The summed E-state index contributed by atoms with van der Waals surface area (Å²) in [5, 5.41) is 1.34. The zero-order valence-electron chi connectivity index (χ0n) is 10.0. The van der Waals surface area contributed by atoms with Crippen LogP contribution in [-0.2, 0) is 6.42 Å². The van der Waals surface area contributed by atoms with Crippen LogP contribution in [0.4, 0.5) is 0 Å². The molecular formula is C15H13BrS2. The van der Waals surface area contributed by atoms with Gasteiger partial charge in [0.25, 0.3) is 0 Å². The highest BCUT2D eigenvalue weighted by Gasteiger charge is 2.15. The molecule has 92 valence electrons. The third-order valence-corrected chi connectivity index (χ3v) is 7.04. The largest absolute Gasteiger partial charge is 0.144 e. The third-order valence-electron chi connectivity index (χ3n) is 2.98. The van der Waals surface area contributed by atoms with E-state index in [1.165, 1.54) is 24.7 Å². The summed E-state index contributed by atoms with van der Waals surface area (Å²) >= 11 is 7.62. The van der Waals surface area contributed by atoms with Gasteiger partial charge < -0.3 is 0 Å². The van der Waals surface area contributed by atoms with Gasteiger partial charge in [-0.05, 0) is 36.1 Å². The molecule has 0 fully saturated rings. The minimum atomic E-state index is 0.334. The van der Waals surface area contributed by atoms with Gasteiger partial charge in [0, 0.05) is 19.3 Å². The van der Waals surface area contributed by atoms with Crippen molar-refractivity contribution in [1.29, 1.82) is 0 Å². The van der Waals surface area contributed by atoms with E-state index in [1.54, 1.807) is 0 Å². The van der Waals surface area contributed by atoms with E-state index in [2.05, 4.69) is 65.3 Å². The number of rotatable bonds is 3. The quantitative estimate of drug-likeness (QED) is 0.514. The van der Waals surface area contributed by atoms with Crippen molar-refractivity contribution in [2.45, 2.75) is 18.2 Å². The molecule has 0 aliphatic heterocycles. The van der Waals surface area contributed by atoms with Gasteiger partial charge in [-0.15, -0.1) is 22.7 Å². The molecule has 3 aromatic rings. The minimum Gasteiger partial charge on any atom is -0.144 e. The molecule has 0 N–H and O–H groups in total. The van der Waals surface area contributed by atoms with Crippen LogP contribution in [0.25, 0.3) is 10.1 Å². The van der Waals surface area contributed by atoms with Crippen LogP contribution in [0.2, 0.25) is 0 Å². The van der Waals surface area contributed by atoms with E-state index in [9.17, 15) is 0 Å². The fraction of sp³-hybridized carbons (Fsp3) is 0.200. The molecule has 0 aliphatic rings. The molecule has 0 saturated heterocycles. The SMILES string of the molecule is CCc1ccc(C(Br)c2cc3ccccc3s2)s1. The van der Waals surface area contributed by atoms with Crippen LogP contribution in [0.5, 0.6) is 0 Å². The zero-order chi connectivity index (χ0) is 12.5. The summed E-state index contributed by atoms with van der Waals surface area (Å²) < 4.78 is 1.37. The van der Waals surface area contributed by atoms with Crippen molar-refractivity contribution >= 4 is 48.7 Å². The predicted molar refractivity (Wildman–Crippen MR) is 86.3 cm³/mol. The highest BCUT2D eigenvalue weighted by molar-refractivity contribution is 9.09. The van der Waals surface area contributed by atoms with Crippen LogP contribution in [-0.4, -0.2) is 0 Å². The summed E-state index contributed by atoms with van der Waals surface area (Å²) in [7, 11) is 0. The Kier molecular flexibility index (Phi) is 3.55. The first-order valence-corrected chi connectivity index (χ1v) is 8.54. The molecule has 0 saturated carbocycles. The number of aryl methyl sites for hydroxylation is 1. The Morgan fingerprint density at radius 2 is 1.89 bits per heavy atom. The van der Waals surface area contributed by atoms with Gasteiger partial charge in [-0.3, -0.25) is 0 Å². The first kappa shape index (κ1) is 12.4. The Hall–Kier alpha value is -0.640. The lowest BCUT2D eigenvalue weighted by atomic mass is 10.2. The summed E-state index contributed by atoms with van der Waals surface area (Å²) in [6.45, 7) is 2.21. The van der Waals surface area contributed by atoms with Crippen molar-refractivity contribution in [3.8, 4) is 0 Å². The summed E-state index contributed by atoms with van der Waals surface area (Å²) in [5.41, 5.74) is 0. The van der Waals surface area contributed by atoms with E-state index in [0.717, 1.165) is 6.42 Å². The first-order valence-electron chi connectivity index (χ1n) is 5.99. The molecule has 1 atom stereocenters. The maximum Gasteiger partial charge on any atom is 0.0831 e. The number of hydrogen-bond donors (Lipinski definition) is 0. The number of thiophene rings is 2. The molecule has 0 radical (unpaired) electrons. The van der Waals surface area contributed by atoms with Crippen LogP contribution in [0.15, 0.2) is 42.5 Å². The second kappa shape index (κ2) is 5.16. The van der Waals surface area contributed by atoms with E-state index < -0.39 is 0 Å². The molecule has 0 aliphatic carbocycles. The van der Waals surface area contributed by atoms with Gasteiger partial charge in [0.15, 0.2) is 0 Å². The molecule has 0 bridgehead atoms. The smallest absolute Gasteiger partial charge is 0.0831 e. The first-order chi connectivity index (χ1) is 8.78. The Labute approximate surface area is 123 Å². The molecule has 18 heavy (non-hydrogen) atoms. The standard InChI is InChI=1S/C15H13BrS2/c1-2-11-7-8-13(17-11)15(16)14-9-10-5-3-4-6-12(10)18-14/h3-9,15H,2H2,1H3. The van der Waals surface area contributed by atoms with Crippen LogP contribution in [0.1, 0.15) is 26.4 Å². The second-order valence-corrected chi connectivity index (χ2v) is 7.44. The molecule has 2 aromatic heterocycles. The summed E-state index contributed by atoms with van der Waals surface area (Å²) in [4.78, 5) is 4.58. The van der Waals surface area contributed by atoms with Crippen LogP contribution < -0.4 is 0 Å². The average Bonchev–Trinajstić information content (AvgIpc) is 3.04. The van der Waals surface area contributed by atoms with Gasteiger partial charge in [-0.25, -0.2) is 0 Å². The molecule has 1 unspecified atom stereocenters. The zero-order valence-corrected chi connectivity index (χ0v) is 13.2. The van der Waals surface area contributed by atoms with Gasteiger partial charge in [-0.2, -0.15) is 0 Å². The summed E-state index contributed by atoms with van der Waals surface area (Å²) in [6.07, 6.45) is 1.12. The van der Waals surface area contributed by atoms with E-state index in [1.807, 2.05) is 22.7 Å². The van der Waals surface area contributed by atoms with Crippen molar-refractivity contribution in [2.75, 3.05) is 0 Å². The van der Waals surface area contributed by atoms with Gasteiger partial charge >= 0.3 is 0 Å². The Morgan fingerprint density at radius 3 is 2.61 bits per heavy atom. The topological polar surface area (TPSA) is 0 Å². The monoisotopic (exact) mass is 336 g/mol. The number of benzene rings is 1. The van der Waals surface area contributed by atoms with Crippen molar-refractivity contribution in [3.05, 3.63) is 57.1 Å². The predicted octanol–water partition coefficient (Wildman–Crippen LogP) is 6.01. The summed E-state index contributed by atoms with van der Waals surface area (Å²) in [5.74, 6) is 0. The fourth-order valence-corrected chi connectivity index (χ4v) is 4.92. The average molecular weight is 337 g/mol. The molecule has 0 amide bonds. The van der Waals surface area contributed by atoms with Gasteiger partial charge in [-0.1, -0.05) is 41.1 Å². The van der Waals surface area contributed by atoms with E-state index >= 15 is 0 Å². The molecule has 3 rings (SSSR count). The van der Waals surface area contributed by atoms with Crippen molar-refractivity contribution < 1.29 is 0 Å². The van der Waals surface area contributed by atoms with Crippen LogP contribution in [0, 0.1) is 0 Å². The van der Waals surface area contributed by atoms with Crippen molar-refractivity contribution in [3.63, 3.8) is 0 Å². The van der Waals surface area contributed by atoms with Crippen molar-refractivity contribution in [1.82, 2.24) is 0 Å². The van der Waals surface area contributed by atoms with Crippen LogP contribution >= 0.6 is 38.6 Å². The van der Waals surface area contributed by atoms with Gasteiger partial charge in [0.2, 0.25) is 0 Å². The Morgan fingerprint density at radius 1 is 1.06 bits per heavy atom. The summed E-state index contributed by atoms with van der Waals surface area (Å²) in [6, 6.07) is 15.4. The Balaban J connectivity index is 1.98. The number of alkyl halides is 1. The van der Waals surface area contributed by atoms with Crippen LogP contribution in [0.3, 0.4) is 0 Å². The van der Waals surface area contributed by atoms with E-state index in [-0.39, 0.29) is 0 Å². The maximum absolute atomic E-state index is 3.84. The minimum absolute atomic E-state index is 0.334. The number of hydrogen-bond acceptors (Lipinski definition) is 2. The highest BCUT2D eigenvalue weighted by atomic mass is 79.9. The van der Waals surface area contributed by atoms with E-state index in [4.69, 9.17) is 0 Å². The molecule has 3 heteroatoms. The third kappa shape index (κ3) is 2.27. The number of halogens is 1. The lowest BCUT2D eigenvalue weighted by Crippen LogP contribution is -1.83. The van der Waals surface area contributed by atoms with E-state index in [0.29, 0.717) is 4.83 Å². The highest BCUT2D eigenvalue weighted by Crippen LogP contribution is 2.40. The molecule has 0 nitrogen and oxygen atoms in total. The molecule has 0 spiro atoms. The lowest BCUT2D eigenvalue weighted by Gasteiger charge is -2.03. The molecule has 2 heterocycles. The van der Waals surface area contributed by atoms with Gasteiger partial charge in [0.1, 0.15) is 0 Å². The lowest BCUT2D eigenvalue weighted by molar-refractivity contribution is 1.19. The normalized spacial score (nSPS) is 13.0.